The molecule has 0 spiro atoms. The normalized spacial score (nSPS) is 13.4. The lowest BCUT2D eigenvalue weighted by Crippen LogP contribution is -1.89. The van der Waals surface area contributed by atoms with E-state index in [-0.39, 0.29) is 5.76 Å². The average Bonchev–Trinajstić information content (AvgIpc) is 2.62. The molecule has 3 N–H and O–H groups in total. The number of carboxylic acids is 1. The minimum absolute atomic E-state index is 0.383. The van der Waals surface area contributed by atoms with Crippen molar-refractivity contribution in [2.24, 2.45) is 0 Å². The van der Waals surface area contributed by atoms with Crippen molar-refractivity contribution in [1.29, 1.82) is 0 Å². The van der Waals surface area contributed by atoms with E-state index in [1.54, 1.807) is 12.2 Å². The molecule has 0 radical (unpaired) electrons. The van der Waals surface area contributed by atoms with Crippen LogP contribution in [-0.4, -0.2) is 21.3 Å². The minimum atomic E-state index is -1.19. The van der Waals surface area contributed by atoms with E-state index in [0.717, 1.165) is 18.6 Å². The molecular weight excluding hydrogens is 328 g/mol. The quantitative estimate of drug-likeness (QED) is 0.134. The average molecular weight is 363 g/mol. The summed E-state index contributed by atoms with van der Waals surface area (Å²) in [5.41, 5.74) is 0. The van der Waals surface area contributed by atoms with Gasteiger partial charge in [-0.25, -0.2) is 4.79 Å². The van der Waals surface area contributed by atoms with E-state index in [0.29, 0.717) is 0 Å². The Morgan fingerprint density at radius 1 is 0.654 bits per heavy atom. The summed E-state index contributed by atoms with van der Waals surface area (Å²) in [6.45, 7) is 2.24. The monoisotopic (exact) mass is 362 g/mol. The van der Waals surface area contributed by atoms with Crippen LogP contribution in [0.2, 0.25) is 0 Å². The van der Waals surface area contributed by atoms with Crippen molar-refractivity contribution in [3.8, 4) is 0 Å². The van der Waals surface area contributed by atoms with Crippen LogP contribution in [0, 0.1) is 0 Å². The summed E-state index contributed by atoms with van der Waals surface area (Å²) in [7, 11) is 0. The lowest BCUT2D eigenvalue weighted by atomic mass is 10.1. The first-order chi connectivity index (χ1) is 12.6. The zero-order valence-electron chi connectivity index (χ0n) is 15.9. The van der Waals surface area contributed by atoms with Gasteiger partial charge in [0.15, 0.2) is 11.5 Å². The van der Waals surface area contributed by atoms with Crippen molar-refractivity contribution >= 4 is 5.97 Å². The third-order valence-corrected chi connectivity index (χ3v) is 3.84. The highest BCUT2D eigenvalue weighted by atomic mass is 16.4. The van der Waals surface area contributed by atoms with Gasteiger partial charge >= 0.3 is 5.97 Å². The molecule has 0 aliphatic rings. The SMILES string of the molecule is CCCCCCCCCCCC=CC=CC=CC(O)=C(O)C=CC(=O)O. The summed E-state index contributed by atoms with van der Waals surface area (Å²) >= 11 is 0. The first-order valence-electron chi connectivity index (χ1n) is 9.61. The van der Waals surface area contributed by atoms with Crippen molar-refractivity contribution in [2.45, 2.75) is 71.1 Å². The van der Waals surface area contributed by atoms with Crippen molar-refractivity contribution in [2.75, 3.05) is 0 Å². The molecular formula is C22H34O4. The standard InChI is InChI=1S/C22H34O4/c1-2-3-4-5-6-7-8-9-10-11-12-13-14-15-16-17-20(23)21(24)18-19-22(25)26/h12-19,23-24H,2-11H2,1H3,(H,25,26). The third kappa shape index (κ3) is 16.6. The van der Waals surface area contributed by atoms with Crippen molar-refractivity contribution in [1.82, 2.24) is 0 Å². The van der Waals surface area contributed by atoms with Crippen LogP contribution >= 0.6 is 0 Å². The van der Waals surface area contributed by atoms with Gasteiger partial charge in [-0.2, -0.15) is 0 Å². The number of aliphatic carboxylic acids is 1. The molecule has 0 heterocycles. The number of hydrogen-bond acceptors (Lipinski definition) is 3. The molecule has 0 aromatic rings. The van der Waals surface area contributed by atoms with Crippen molar-refractivity contribution in [3.63, 3.8) is 0 Å². The van der Waals surface area contributed by atoms with Gasteiger partial charge in [0.05, 0.1) is 0 Å². The molecule has 0 fully saturated rings. The third-order valence-electron chi connectivity index (χ3n) is 3.84. The molecule has 0 saturated heterocycles. The van der Waals surface area contributed by atoms with Crippen LogP contribution in [0.1, 0.15) is 71.1 Å². The highest BCUT2D eigenvalue weighted by molar-refractivity contribution is 5.80. The van der Waals surface area contributed by atoms with Crippen LogP contribution in [-0.2, 0) is 4.79 Å². The van der Waals surface area contributed by atoms with Gasteiger partial charge in [-0.05, 0) is 25.0 Å². The Bertz CT molecular complexity index is 510. The second-order valence-corrected chi connectivity index (χ2v) is 6.23. The van der Waals surface area contributed by atoms with Gasteiger partial charge in [0.2, 0.25) is 0 Å². The zero-order chi connectivity index (χ0) is 19.5. The van der Waals surface area contributed by atoms with Gasteiger partial charge in [-0.15, -0.1) is 0 Å². The van der Waals surface area contributed by atoms with Gasteiger partial charge in [0.1, 0.15) is 0 Å². The summed E-state index contributed by atoms with van der Waals surface area (Å²) in [5.74, 6) is -2.06. The Balaban J connectivity index is 3.75. The fourth-order valence-electron chi connectivity index (χ4n) is 2.34. The summed E-state index contributed by atoms with van der Waals surface area (Å²) in [5, 5.41) is 27.3. The Hall–Kier alpha value is -2.23. The lowest BCUT2D eigenvalue weighted by Gasteiger charge is -2.00. The predicted octanol–water partition coefficient (Wildman–Crippen LogP) is 6.54. The fourth-order valence-corrected chi connectivity index (χ4v) is 2.34. The largest absolute Gasteiger partial charge is 0.504 e. The highest BCUT2D eigenvalue weighted by Crippen LogP contribution is 2.10. The van der Waals surface area contributed by atoms with E-state index < -0.39 is 11.7 Å². The molecule has 0 aromatic heterocycles. The Labute approximate surface area is 157 Å². The Kier molecular flexibility index (Phi) is 16.1. The molecule has 0 rings (SSSR count). The van der Waals surface area contributed by atoms with E-state index >= 15 is 0 Å². The molecule has 146 valence electrons. The van der Waals surface area contributed by atoms with Gasteiger partial charge in [-0.1, -0.05) is 88.7 Å². The molecule has 0 unspecified atom stereocenters. The summed E-state index contributed by atoms with van der Waals surface area (Å²) in [6, 6.07) is 0. The van der Waals surface area contributed by atoms with Gasteiger partial charge in [0, 0.05) is 6.08 Å². The van der Waals surface area contributed by atoms with Crippen molar-refractivity contribution < 1.29 is 20.1 Å². The van der Waals surface area contributed by atoms with E-state index in [4.69, 9.17) is 5.11 Å². The summed E-state index contributed by atoms with van der Waals surface area (Å²) < 4.78 is 0. The van der Waals surface area contributed by atoms with Gasteiger partial charge < -0.3 is 15.3 Å². The number of aliphatic hydroxyl groups excluding tert-OH is 2. The van der Waals surface area contributed by atoms with E-state index in [1.165, 1.54) is 63.9 Å². The number of unbranched alkanes of at least 4 members (excludes halogenated alkanes) is 9. The second-order valence-electron chi connectivity index (χ2n) is 6.23. The molecule has 26 heavy (non-hydrogen) atoms. The summed E-state index contributed by atoms with van der Waals surface area (Å²) in [4.78, 5) is 10.3. The first kappa shape index (κ1) is 23.8. The van der Waals surface area contributed by atoms with Crippen LogP contribution in [0.25, 0.3) is 0 Å². The number of carbonyl (C=O) groups is 1. The Morgan fingerprint density at radius 2 is 1.19 bits per heavy atom. The minimum Gasteiger partial charge on any atom is -0.504 e. The van der Waals surface area contributed by atoms with E-state index in [1.807, 2.05) is 12.2 Å². The lowest BCUT2D eigenvalue weighted by molar-refractivity contribution is -0.131. The molecule has 0 aliphatic heterocycles. The zero-order valence-corrected chi connectivity index (χ0v) is 15.9. The van der Waals surface area contributed by atoms with Gasteiger partial charge in [0.25, 0.3) is 0 Å². The molecule has 0 atom stereocenters. The molecule has 0 bridgehead atoms. The number of allylic oxidation sites excluding steroid dienone is 7. The molecule has 4 nitrogen and oxygen atoms in total. The maximum atomic E-state index is 10.3. The molecule has 0 saturated carbocycles. The number of hydrogen-bond donors (Lipinski definition) is 3. The van der Waals surface area contributed by atoms with E-state index in [2.05, 4.69) is 13.0 Å². The van der Waals surface area contributed by atoms with Crippen LogP contribution in [0.3, 0.4) is 0 Å². The number of rotatable bonds is 15. The summed E-state index contributed by atoms with van der Waals surface area (Å²) in [6.07, 6.45) is 25.2. The molecule has 0 amide bonds. The topological polar surface area (TPSA) is 77.8 Å². The van der Waals surface area contributed by atoms with Crippen LogP contribution in [0.5, 0.6) is 0 Å². The number of aliphatic hydroxyl groups is 2. The molecule has 0 aliphatic carbocycles. The van der Waals surface area contributed by atoms with Crippen LogP contribution < -0.4 is 0 Å². The van der Waals surface area contributed by atoms with Crippen LogP contribution in [0.15, 0.2) is 60.1 Å². The van der Waals surface area contributed by atoms with Crippen molar-refractivity contribution in [3.05, 3.63) is 60.1 Å². The predicted molar refractivity (Wildman–Crippen MR) is 108 cm³/mol. The Morgan fingerprint density at radius 3 is 1.81 bits per heavy atom. The smallest absolute Gasteiger partial charge is 0.328 e. The van der Waals surface area contributed by atoms with E-state index in [9.17, 15) is 15.0 Å². The van der Waals surface area contributed by atoms with Crippen LogP contribution in [0.4, 0.5) is 0 Å². The molecule has 0 aromatic carbocycles. The number of carboxylic acid groups (broad SMARTS) is 1. The maximum absolute atomic E-state index is 10.3. The first-order valence-corrected chi connectivity index (χ1v) is 9.61. The molecule has 4 heteroatoms. The second kappa shape index (κ2) is 17.6. The highest BCUT2D eigenvalue weighted by Gasteiger charge is 1.95. The van der Waals surface area contributed by atoms with Gasteiger partial charge in [-0.3, -0.25) is 0 Å². The maximum Gasteiger partial charge on any atom is 0.328 e. The fraction of sp³-hybridized carbons (Fsp3) is 0.500.